The molecule has 0 spiro atoms. The Morgan fingerprint density at radius 2 is 2.00 bits per heavy atom. The second-order valence-corrected chi connectivity index (χ2v) is 5.33. The molecule has 0 radical (unpaired) electrons. The summed E-state index contributed by atoms with van der Waals surface area (Å²) >= 11 is 5.82. The molecule has 0 saturated heterocycles. The predicted molar refractivity (Wildman–Crippen MR) is 87.3 cm³/mol. The molecule has 2 rings (SSSR count). The van der Waals surface area contributed by atoms with Gasteiger partial charge in [-0.1, -0.05) is 41.9 Å². The monoisotopic (exact) mass is 305 g/mol. The maximum atomic E-state index is 5.82. The van der Waals surface area contributed by atoms with Crippen molar-refractivity contribution in [3.63, 3.8) is 0 Å². The van der Waals surface area contributed by atoms with Gasteiger partial charge in [0, 0.05) is 19.2 Å². The molecule has 1 aromatic heterocycles. The minimum Gasteiger partial charge on any atom is -0.370 e. The summed E-state index contributed by atoms with van der Waals surface area (Å²) in [5.74, 6) is 0.851. The van der Waals surface area contributed by atoms with Crippen molar-refractivity contribution in [3.8, 4) is 0 Å². The number of hydrogen-bond acceptors (Lipinski definition) is 5. The highest BCUT2D eigenvalue weighted by Crippen LogP contribution is 2.12. The van der Waals surface area contributed by atoms with E-state index in [1.54, 1.807) is 6.07 Å². The van der Waals surface area contributed by atoms with Crippen molar-refractivity contribution in [2.45, 2.75) is 13.0 Å². The lowest BCUT2D eigenvalue weighted by Crippen LogP contribution is -2.21. The lowest BCUT2D eigenvalue weighted by Gasteiger charge is -2.16. The molecule has 3 N–H and O–H groups in total. The zero-order valence-electron chi connectivity index (χ0n) is 12.1. The van der Waals surface area contributed by atoms with E-state index < -0.39 is 0 Å². The third kappa shape index (κ3) is 5.57. The Morgan fingerprint density at radius 1 is 1.24 bits per heavy atom. The number of nitrogen functional groups attached to an aromatic ring is 1. The van der Waals surface area contributed by atoms with Crippen LogP contribution in [0.1, 0.15) is 12.0 Å². The highest BCUT2D eigenvalue weighted by atomic mass is 35.5. The van der Waals surface area contributed by atoms with Gasteiger partial charge in [-0.05, 0) is 25.6 Å². The molecule has 0 aliphatic rings. The van der Waals surface area contributed by atoms with E-state index in [0.717, 1.165) is 26.1 Å². The van der Waals surface area contributed by atoms with E-state index in [0.29, 0.717) is 11.0 Å². The van der Waals surface area contributed by atoms with Crippen molar-refractivity contribution in [3.05, 3.63) is 47.1 Å². The van der Waals surface area contributed by atoms with Crippen molar-refractivity contribution >= 4 is 23.4 Å². The van der Waals surface area contributed by atoms with Crippen LogP contribution in [0, 0.1) is 0 Å². The first kappa shape index (κ1) is 15.5. The molecular weight excluding hydrogens is 286 g/mol. The molecule has 0 fully saturated rings. The van der Waals surface area contributed by atoms with Gasteiger partial charge in [0.15, 0.2) is 0 Å². The third-order valence-electron chi connectivity index (χ3n) is 3.03. The highest BCUT2D eigenvalue weighted by molar-refractivity contribution is 6.29. The van der Waals surface area contributed by atoms with Crippen LogP contribution in [0.25, 0.3) is 0 Å². The second-order valence-electron chi connectivity index (χ2n) is 4.94. The molecule has 0 aliphatic heterocycles. The van der Waals surface area contributed by atoms with Crippen LogP contribution in [0.4, 0.5) is 11.8 Å². The van der Waals surface area contributed by atoms with Crippen LogP contribution in [0.2, 0.25) is 5.15 Å². The zero-order chi connectivity index (χ0) is 15.1. The zero-order valence-corrected chi connectivity index (χ0v) is 12.8. The Kier molecular flexibility index (Phi) is 5.78. The summed E-state index contributed by atoms with van der Waals surface area (Å²) in [7, 11) is 2.12. The smallest absolute Gasteiger partial charge is 0.223 e. The van der Waals surface area contributed by atoms with E-state index in [9.17, 15) is 0 Å². The van der Waals surface area contributed by atoms with Gasteiger partial charge < -0.3 is 16.0 Å². The van der Waals surface area contributed by atoms with Gasteiger partial charge in [0.05, 0.1) is 0 Å². The molecule has 0 bridgehead atoms. The van der Waals surface area contributed by atoms with E-state index in [1.165, 1.54) is 5.56 Å². The molecule has 112 valence electrons. The summed E-state index contributed by atoms with van der Waals surface area (Å²) < 4.78 is 0. The molecule has 1 heterocycles. The van der Waals surface area contributed by atoms with Crippen LogP contribution in [0.3, 0.4) is 0 Å². The number of anilines is 2. The van der Waals surface area contributed by atoms with Crippen molar-refractivity contribution in [2.75, 3.05) is 31.2 Å². The molecular formula is C15H20ClN5. The fraction of sp³-hybridized carbons (Fsp3) is 0.333. The van der Waals surface area contributed by atoms with E-state index in [-0.39, 0.29) is 5.95 Å². The molecule has 5 nitrogen and oxygen atoms in total. The standard InChI is InChI=1S/C15H20ClN5/c1-21(11-12-6-3-2-4-7-12)9-5-8-18-14-10-13(16)19-15(17)20-14/h2-4,6-7,10H,5,8-9,11H2,1H3,(H3,17,18,19,20). The predicted octanol–water partition coefficient (Wildman–Crippen LogP) is 2.65. The molecule has 0 unspecified atom stereocenters. The number of nitrogens with two attached hydrogens (primary N) is 1. The Balaban J connectivity index is 1.69. The molecule has 1 aromatic carbocycles. The Bertz CT molecular complexity index is 541. The topological polar surface area (TPSA) is 67.1 Å². The van der Waals surface area contributed by atoms with Crippen molar-refractivity contribution < 1.29 is 0 Å². The number of rotatable bonds is 7. The van der Waals surface area contributed by atoms with Gasteiger partial charge in [0.2, 0.25) is 5.95 Å². The average Bonchev–Trinajstić information content (AvgIpc) is 2.44. The second kappa shape index (κ2) is 7.81. The van der Waals surface area contributed by atoms with Crippen molar-refractivity contribution in [1.29, 1.82) is 0 Å². The summed E-state index contributed by atoms with van der Waals surface area (Å²) in [6, 6.07) is 12.1. The summed E-state index contributed by atoms with van der Waals surface area (Å²) in [4.78, 5) is 10.2. The van der Waals surface area contributed by atoms with Gasteiger partial charge in [-0.25, -0.2) is 4.98 Å². The highest BCUT2D eigenvalue weighted by Gasteiger charge is 2.02. The van der Waals surface area contributed by atoms with Crippen LogP contribution in [0.15, 0.2) is 36.4 Å². The van der Waals surface area contributed by atoms with Gasteiger partial charge in [-0.2, -0.15) is 4.98 Å². The maximum Gasteiger partial charge on any atom is 0.223 e. The number of nitrogens with one attached hydrogen (secondary N) is 1. The van der Waals surface area contributed by atoms with Gasteiger partial charge in [0.1, 0.15) is 11.0 Å². The van der Waals surface area contributed by atoms with Crippen LogP contribution < -0.4 is 11.1 Å². The summed E-state index contributed by atoms with van der Waals surface area (Å²) in [5, 5.41) is 3.56. The molecule has 0 aliphatic carbocycles. The third-order valence-corrected chi connectivity index (χ3v) is 3.22. The van der Waals surface area contributed by atoms with Gasteiger partial charge in [0.25, 0.3) is 0 Å². The average molecular weight is 306 g/mol. The minimum atomic E-state index is 0.186. The first-order chi connectivity index (χ1) is 10.1. The summed E-state index contributed by atoms with van der Waals surface area (Å²) in [5.41, 5.74) is 6.87. The number of aromatic nitrogens is 2. The lowest BCUT2D eigenvalue weighted by molar-refractivity contribution is 0.325. The number of nitrogens with zero attached hydrogens (tertiary/aromatic N) is 3. The maximum absolute atomic E-state index is 5.82. The summed E-state index contributed by atoms with van der Waals surface area (Å²) in [6.07, 6.45) is 1.00. The van der Waals surface area contributed by atoms with Gasteiger partial charge in [-0.3, -0.25) is 0 Å². The molecule has 21 heavy (non-hydrogen) atoms. The number of hydrogen-bond donors (Lipinski definition) is 2. The largest absolute Gasteiger partial charge is 0.370 e. The quantitative estimate of drug-likeness (QED) is 0.608. The summed E-state index contributed by atoms with van der Waals surface area (Å²) in [6.45, 7) is 2.76. The normalized spacial score (nSPS) is 10.8. The fourth-order valence-electron chi connectivity index (χ4n) is 2.07. The van der Waals surface area contributed by atoms with E-state index >= 15 is 0 Å². The molecule has 0 amide bonds. The number of halogens is 1. The minimum absolute atomic E-state index is 0.186. The lowest BCUT2D eigenvalue weighted by atomic mass is 10.2. The van der Waals surface area contributed by atoms with Crippen LogP contribution in [-0.4, -0.2) is 35.0 Å². The van der Waals surface area contributed by atoms with Gasteiger partial charge in [-0.15, -0.1) is 0 Å². The van der Waals surface area contributed by atoms with Gasteiger partial charge >= 0.3 is 0 Å². The van der Waals surface area contributed by atoms with Crippen LogP contribution in [0.5, 0.6) is 0 Å². The van der Waals surface area contributed by atoms with Crippen molar-refractivity contribution in [1.82, 2.24) is 14.9 Å². The molecule has 2 aromatic rings. The van der Waals surface area contributed by atoms with E-state index in [1.807, 2.05) is 6.07 Å². The Morgan fingerprint density at radius 3 is 2.71 bits per heavy atom. The first-order valence-electron chi connectivity index (χ1n) is 6.90. The first-order valence-corrected chi connectivity index (χ1v) is 7.27. The molecule has 6 heteroatoms. The fourth-order valence-corrected chi connectivity index (χ4v) is 2.26. The SMILES string of the molecule is CN(CCCNc1cc(Cl)nc(N)n1)Cc1ccccc1. The van der Waals surface area contributed by atoms with E-state index in [2.05, 4.69) is 51.5 Å². The number of benzene rings is 1. The van der Waals surface area contributed by atoms with E-state index in [4.69, 9.17) is 17.3 Å². The van der Waals surface area contributed by atoms with Crippen molar-refractivity contribution in [2.24, 2.45) is 0 Å². The Hall–Kier alpha value is -1.85. The molecule has 0 atom stereocenters. The molecule has 0 saturated carbocycles. The Labute approximate surface area is 130 Å². The van der Waals surface area contributed by atoms with Crippen LogP contribution in [-0.2, 0) is 6.54 Å². The van der Waals surface area contributed by atoms with Crippen LogP contribution >= 0.6 is 11.6 Å².